The first-order chi connectivity index (χ1) is 32.6. The van der Waals surface area contributed by atoms with Crippen molar-refractivity contribution in [3.05, 3.63) is 157 Å². The SMILES string of the molecule is Fc1c(F)c(F)c2c(F)c3c(B(c4c(F)c(F)c(F)c5c(F)c6c(F)c(F)c(F)c(F)c6c(F)c45)c4c(F)c(F)c(F)c5c(F)c6c(F)c(F)c(F)c(F)c6c(F)c45)c(F)c(F)c(F)c3c(F)c2c1F. The highest BCUT2D eigenvalue weighted by atomic mass is 19.2. The van der Waals surface area contributed by atoms with Gasteiger partial charge in [0.05, 0.1) is 48.5 Å². The molecule has 0 aromatic heterocycles. The van der Waals surface area contributed by atoms with E-state index in [0.29, 0.717) is 0 Å². The second-order valence-corrected chi connectivity index (χ2v) is 14.7. The van der Waals surface area contributed by atoms with E-state index in [1.54, 1.807) is 0 Å². The summed E-state index contributed by atoms with van der Waals surface area (Å²) in [6.45, 7) is -4.80. The molecule has 0 heterocycles. The average molecular weight is 1030 g/mol. The highest BCUT2D eigenvalue weighted by Crippen LogP contribution is 2.43. The van der Waals surface area contributed by atoms with Gasteiger partial charge in [-0.05, 0) is 16.4 Å². The van der Waals surface area contributed by atoms with Gasteiger partial charge in [0.1, 0.15) is 34.9 Å². The molecule has 0 saturated heterocycles. The van der Waals surface area contributed by atoms with Gasteiger partial charge in [-0.15, -0.1) is 0 Å². The molecule has 28 heteroatoms. The summed E-state index contributed by atoms with van der Waals surface area (Å²) in [6, 6.07) is 0. The number of hydrogen-bond acceptors (Lipinski definition) is 0. The van der Waals surface area contributed by atoms with Crippen LogP contribution >= 0.6 is 0 Å². The topological polar surface area (TPSA) is 0 Å². The number of rotatable bonds is 3. The van der Waals surface area contributed by atoms with E-state index in [0.717, 1.165) is 0 Å². The highest BCUT2D eigenvalue weighted by molar-refractivity contribution is 6.99. The fourth-order valence-electron chi connectivity index (χ4n) is 8.47. The van der Waals surface area contributed by atoms with Crippen molar-refractivity contribution in [3.8, 4) is 0 Å². The minimum absolute atomic E-state index is 2.65. The molecule has 0 aliphatic heterocycles. The van der Waals surface area contributed by atoms with Crippen LogP contribution in [0.5, 0.6) is 0 Å². The largest absolute Gasteiger partial charge is 0.255 e. The summed E-state index contributed by atoms with van der Waals surface area (Å²) in [5.41, 5.74) is -9.45. The van der Waals surface area contributed by atoms with Gasteiger partial charge in [0.15, 0.2) is 122 Å². The first-order valence-corrected chi connectivity index (χ1v) is 18.0. The molecule has 0 aliphatic rings. The minimum Gasteiger partial charge on any atom is -0.206 e. The van der Waals surface area contributed by atoms with Crippen LogP contribution in [0.1, 0.15) is 0 Å². The predicted molar refractivity (Wildman–Crippen MR) is 188 cm³/mol. The van der Waals surface area contributed by atoms with E-state index in [2.05, 4.69) is 0 Å². The molecule has 0 spiro atoms. The van der Waals surface area contributed by atoms with Crippen molar-refractivity contribution < 1.29 is 119 Å². The molecule has 360 valence electrons. The van der Waals surface area contributed by atoms with Crippen molar-refractivity contribution in [3.63, 3.8) is 0 Å². The van der Waals surface area contributed by atoms with Gasteiger partial charge in [-0.25, -0.2) is 119 Å². The summed E-state index contributed by atoms with van der Waals surface area (Å²) in [6.07, 6.45) is 0. The number of benzene rings is 9. The smallest absolute Gasteiger partial charge is 0.206 e. The summed E-state index contributed by atoms with van der Waals surface area (Å²) in [5, 5.41) is -33.8. The lowest BCUT2D eigenvalue weighted by molar-refractivity contribution is 0.414. The maximum absolute atomic E-state index is 16.9. The molecule has 0 atom stereocenters. The molecule has 0 aliphatic carbocycles. The molecular weight excluding hydrogens is 1030 g/mol. The lowest BCUT2D eigenvalue weighted by atomic mass is 9.34. The monoisotopic (exact) mass is 1030 g/mol. The third-order valence-electron chi connectivity index (χ3n) is 11.4. The Bertz CT molecular complexity index is 3620. The second kappa shape index (κ2) is 15.4. The van der Waals surface area contributed by atoms with Crippen LogP contribution in [0.15, 0.2) is 0 Å². The fourth-order valence-corrected chi connectivity index (χ4v) is 8.47. The van der Waals surface area contributed by atoms with Crippen LogP contribution in [-0.2, 0) is 0 Å². The van der Waals surface area contributed by atoms with Crippen molar-refractivity contribution in [1.29, 1.82) is 0 Å². The van der Waals surface area contributed by atoms with Crippen LogP contribution in [0.3, 0.4) is 0 Å². The minimum atomic E-state index is -4.80. The Morgan fingerprint density at radius 3 is 0.386 bits per heavy atom. The fraction of sp³-hybridized carbons (Fsp3) is 0. The predicted octanol–water partition coefficient (Wildman–Crippen LogP) is 12.9. The molecule has 0 N–H and O–H groups in total. The molecule has 9 rings (SSSR count). The molecule has 0 unspecified atom stereocenters. The Kier molecular flexibility index (Phi) is 10.5. The molecule has 0 nitrogen and oxygen atoms in total. The van der Waals surface area contributed by atoms with E-state index in [9.17, 15) is 26.3 Å². The normalized spacial score (nSPS) is 12.2. The van der Waals surface area contributed by atoms with Crippen LogP contribution < -0.4 is 16.4 Å². The molecule has 70 heavy (non-hydrogen) atoms. The summed E-state index contributed by atoms with van der Waals surface area (Å²) in [4.78, 5) is 0. The Balaban J connectivity index is 1.71. The number of fused-ring (bicyclic) bond motifs is 6. The van der Waals surface area contributed by atoms with Gasteiger partial charge in [-0.2, -0.15) is 0 Å². The lowest BCUT2D eigenvalue weighted by Gasteiger charge is -2.26. The van der Waals surface area contributed by atoms with E-state index < -0.39 is 245 Å². The summed E-state index contributed by atoms with van der Waals surface area (Å²) >= 11 is 0. The zero-order chi connectivity index (χ0) is 51.8. The van der Waals surface area contributed by atoms with Crippen LogP contribution in [0.25, 0.3) is 64.6 Å². The maximum atomic E-state index is 16.9. The quantitative estimate of drug-likeness (QED) is 0.0544. The van der Waals surface area contributed by atoms with E-state index in [1.165, 1.54) is 0 Å². The lowest BCUT2D eigenvalue weighted by Crippen LogP contribution is -2.58. The van der Waals surface area contributed by atoms with Crippen LogP contribution in [0.2, 0.25) is 0 Å². The molecule has 0 saturated carbocycles. The van der Waals surface area contributed by atoms with Gasteiger partial charge >= 0.3 is 0 Å². The van der Waals surface area contributed by atoms with Gasteiger partial charge in [-0.1, -0.05) is 0 Å². The number of halogens is 27. The van der Waals surface area contributed by atoms with E-state index in [-0.39, 0.29) is 0 Å². The number of hydrogen-bond donors (Lipinski definition) is 0. The van der Waals surface area contributed by atoms with E-state index >= 15 is 92.2 Å². The maximum Gasteiger partial charge on any atom is 0.255 e. The second-order valence-electron chi connectivity index (χ2n) is 14.7. The Labute approximate surface area is 363 Å². The molecule has 0 amide bonds. The molecule has 0 bridgehead atoms. The van der Waals surface area contributed by atoms with Gasteiger partial charge < -0.3 is 0 Å². The summed E-state index contributed by atoms with van der Waals surface area (Å²) < 4.78 is 424. The van der Waals surface area contributed by atoms with Crippen LogP contribution in [0.4, 0.5) is 119 Å². The van der Waals surface area contributed by atoms with Crippen molar-refractivity contribution in [2.24, 2.45) is 0 Å². The molecule has 9 aromatic rings. The third-order valence-corrected chi connectivity index (χ3v) is 11.4. The molecular formula is C42BF27. The van der Waals surface area contributed by atoms with Crippen molar-refractivity contribution in [2.75, 3.05) is 0 Å². The molecule has 0 fully saturated rings. The highest BCUT2D eigenvalue weighted by Gasteiger charge is 2.46. The first-order valence-electron chi connectivity index (χ1n) is 18.0. The molecule has 0 radical (unpaired) electrons. The Morgan fingerprint density at radius 1 is 0.114 bits per heavy atom. The molecule has 9 aromatic carbocycles. The van der Waals surface area contributed by atoms with Crippen LogP contribution in [0, 0.1) is 157 Å². The third kappa shape index (κ3) is 5.59. The van der Waals surface area contributed by atoms with Gasteiger partial charge in [0.25, 0.3) is 6.71 Å². The van der Waals surface area contributed by atoms with Gasteiger partial charge in [0, 0.05) is 16.2 Å². The summed E-state index contributed by atoms with van der Waals surface area (Å²) in [7, 11) is 0. The summed E-state index contributed by atoms with van der Waals surface area (Å²) in [5.74, 6) is -88.4. The van der Waals surface area contributed by atoms with Crippen molar-refractivity contribution in [1.82, 2.24) is 0 Å². The Hall–Kier alpha value is -7.29. The van der Waals surface area contributed by atoms with Crippen molar-refractivity contribution >= 4 is 87.7 Å². The Morgan fingerprint density at radius 2 is 0.229 bits per heavy atom. The standard InChI is InChI=1S/C42BF27/c44-16-1-4(19(47)10-7(16)25(53)37(65)40(68)28(10)56)22(50)34(62)31(59)13(1)43(14-2-5(23(51)35(63)32(14)60)20(48)11-8(17(2)45)26(54)38(66)41(69)29(11)57)15-3-6(24(52)36(64)33(15)61)21(49)12-9(18(3)46)27(55)39(67)42(70)30(12)58. The zero-order valence-electron chi connectivity index (χ0n) is 31.8. The van der Waals surface area contributed by atoms with Crippen LogP contribution in [-0.4, -0.2) is 6.71 Å². The zero-order valence-corrected chi connectivity index (χ0v) is 31.8. The van der Waals surface area contributed by atoms with Gasteiger partial charge in [-0.3, -0.25) is 0 Å². The van der Waals surface area contributed by atoms with Crippen molar-refractivity contribution in [2.45, 2.75) is 0 Å². The first kappa shape index (κ1) is 47.8. The van der Waals surface area contributed by atoms with E-state index in [1.807, 2.05) is 0 Å². The van der Waals surface area contributed by atoms with Gasteiger partial charge in [0.2, 0.25) is 0 Å². The average Bonchev–Trinajstić information content (AvgIpc) is 3.32. The van der Waals surface area contributed by atoms with E-state index in [4.69, 9.17) is 0 Å².